The molecule has 0 radical (unpaired) electrons. The second-order valence-electron chi connectivity index (χ2n) is 3.19. The third kappa shape index (κ3) is 4.78. The van der Waals surface area contributed by atoms with Crippen molar-refractivity contribution >= 4 is 29.2 Å². The molecule has 8 heteroatoms. The highest BCUT2D eigenvalue weighted by atomic mass is 32.1. The molecule has 16 heavy (non-hydrogen) atoms. The summed E-state index contributed by atoms with van der Waals surface area (Å²) in [6.45, 7) is 2.08. The summed E-state index contributed by atoms with van der Waals surface area (Å²) in [4.78, 5) is 11.4. The van der Waals surface area contributed by atoms with Gasteiger partial charge in [0, 0.05) is 6.42 Å². The van der Waals surface area contributed by atoms with E-state index in [1.807, 2.05) is 0 Å². The first-order chi connectivity index (χ1) is 7.72. The normalized spacial score (nSPS) is 9.81. The third-order valence-electron chi connectivity index (χ3n) is 1.83. The summed E-state index contributed by atoms with van der Waals surface area (Å²) in [5.74, 6) is 0.133. The second-order valence-corrected chi connectivity index (χ2v) is 3.60. The van der Waals surface area contributed by atoms with Gasteiger partial charge in [-0.25, -0.2) is 0 Å². The number of nitrogens with one attached hydrogen (secondary N) is 3. The van der Waals surface area contributed by atoms with Crippen LogP contribution >= 0.6 is 12.2 Å². The predicted octanol–water partition coefficient (Wildman–Crippen LogP) is 0.593. The van der Waals surface area contributed by atoms with Crippen LogP contribution in [0.2, 0.25) is 0 Å². The van der Waals surface area contributed by atoms with E-state index in [9.17, 15) is 4.79 Å². The molecule has 1 aromatic rings. The molecule has 3 N–H and O–H groups in total. The number of aromatic nitrogens is 4. The zero-order valence-electron chi connectivity index (χ0n) is 8.99. The van der Waals surface area contributed by atoms with Crippen LogP contribution < -0.4 is 10.6 Å². The zero-order chi connectivity index (χ0) is 11.8. The number of nitrogens with zero attached hydrogens (tertiary/aromatic N) is 3. The average molecular weight is 242 g/mol. The van der Waals surface area contributed by atoms with Crippen molar-refractivity contribution in [2.24, 2.45) is 0 Å². The third-order valence-corrected chi connectivity index (χ3v) is 2.04. The number of amides is 1. The fourth-order valence-corrected chi connectivity index (χ4v) is 1.28. The van der Waals surface area contributed by atoms with Gasteiger partial charge in [0.1, 0.15) is 0 Å². The Bertz CT molecular complexity index is 338. The van der Waals surface area contributed by atoms with Gasteiger partial charge in [-0.2, -0.15) is 5.21 Å². The molecular formula is C8H14N6OS. The molecule has 0 atom stereocenters. The van der Waals surface area contributed by atoms with Crippen molar-refractivity contribution in [3.63, 3.8) is 0 Å². The minimum absolute atomic E-state index is 0.102. The Labute approximate surface area is 98.4 Å². The van der Waals surface area contributed by atoms with E-state index in [1.165, 1.54) is 0 Å². The van der Waals surface area contributed by atoms with Crippen LogP contribution in [0.1, 0.15) is 32.6 Å². The number of aromatic amines is 1. The number of hydrogen-bond donors (Lipinski definition) is 3. The van der Waals surface area contributed by atoms with Crippen LogP contribution in [0.5, 0.6) is 0 Å². The molecule has 0 fully saturated rings. The summed E-state index contributed by atoms with van der Waals surface area (Å²) in [6, 6.07) is 0. The van der Waals surface area contributed by atoms with E-state index in [2.05, 4.69) is 38.2 Å². The molecule has 0 saturated carbocycles. The van der Waals surface area contributed by atoms with Crippen LogP contribution in [0.3, 0.4) is 0 Å². The highest BCUT2D eigenvalue weighted by molar-refractivity contribution is 7.80. The minimum Gasteiger partial charge on any atom is -0.303 e. The van der Waals surface area contributed by atoms with E-state index in [1.54, 1.807) is 0 Å². The largest absolute Gasteiger partial charge is 0.303 e. The van der Waals surface area contributed by atoms with Crippen LogP contribution in [0.4, 0.5) is 5.95 Å². The summed E-state index contributed by atoms with van der Waals surface area (Å²) in [6.07, 6.45) is 3.46. The second kappa shape index (κ2) is 6.83. The average Bonchev–Trinajstić information content (AvgIpc) is 2.70. The molecule has 0 aliphatic heterocycles. The molecule has 1 aromatic heterocycles. The first kappa shape index (κ1) is 12.5. The Morgan fingerprint density at radius 2 is 2.31 bits per heavy atom. The van der Waals surface area contributed by atoms with Gasteiger partial charge in [0.15, 0.2) is 5.11 Å². The number of H-pyrrole nitrogens is 1. The van der Waals surface area contributed by atoms with Gasteiger partial charge in [0.2, 0.25) is 5.91 Å². The van der Waals surface area contributed by atoms with Crippen molar-refractivity contribution in [3.8, 4) is 0 Å². The Balaban J connectivity index is 2.21. The molecular weight excluding hydrogens is 228 g/mol. The summed E-state index contributed by atoms with van der Waals surface area (Å²) >= 11 is 4.89. The number of unbranched alkanes of at least 4 members (excludes halogenated alkanes) is 2. The molecule has 0 bridgehead atoms. The molecule has 0 saturated heterocycles. The van der Waals surface area contributed by atoms with Crippen LogP contribution in [0.25, 0.3) is 0 Å². The fraction of sp³-hybridized carbons (Fsp3) is 0.625. The summed E-state index contributed by atoms with van der Waals surface area (Å²) < 4.78 is 0. The first-order valence-electron chi connectivity index (χ1n) is 5.06. The van der Waals surface area contributed by atoms with Gasteiger partial charge in [-0.1, -0.05) is 24.9 Å². The maximum Gasteiger partial charge on any atom is 0.269 e. The van der Waals surface area contributed by atoms with Crippen LogP contribution in [-0.2, 0) is 4.79 Å². The van der Waals surface area contributed by atoms with Gasteiger partial charge >= 0.3 is 0 Å². The number of thiocarbonyl (C=S) groups is 1. The molecule has 1 rings (SSSR count). The number of tetrazole rings is 1. The summed E-state index contributed by atoms with van der Waals surface area (Å²) in [7, 11) is 0. The lowest BCUT2D eigenvalue weighted by molar-refractivity contribution is -0.119. The van der Waals surface area contributed by atoms with Crippen molar-refractivity contribution in [2.75, 3.05) is 5.32 Å². The van der Waals surface area contributed by atoms with Crippen LogP contribution in [0.15, 0.2) is 0 Å². The molecule has 0 aliphatic rings. The number of carbonyl (C=O) groups excluding carboxylic acids is 1. The van der Waals surface area contributed by atoms with Gasteiger partial charge < -0.3 is 5.32 Å². The Hall–Kier alpha value is -1.57. The molecule has 1 heterocycles. The van der Waals surface area contributed by atoms with Crippen molar-refractivity contribution in [1.29, 1.82) is 0 Å². The van der Waals surface area contributed by atoms with E-state index >= 15 is 0 Å². The summed E-state index contributed by atoms with van der Waals surface area (Å²) in [5.41, 5.74) is 0. The minimum atomic E-state index is -0.102. The molecule has 7 nitrogen and oxygen atoms in total. The lowest BCUT2D eigenvalue weighted by atomic mass is 10.2. The van der Waals surface area contributed by atoms with Crippen molar-refractivity contribution in [3.05, 3.63) is 0 Å². The smallest absolute Gasteiger partial charge is 0.269 e. The monoisotopic (exact) mass is 242 g/mol. The van der Waals surface area contributed by atoms with E-state index in [0.29, 0.717) is 6.42 Å². The molecule has 88 valence electrons. The molecule has 0 aliphatic carbocycles. The molecule has 0 unspecified atom stereocenters. The Morgan fingerprint density at radius 3 is 2.94 bits per heavy atom. The van der Waals surface area contributed by atoms with E-state index in [4.69, 9.17) is 12.2 Å². The summed E-state index contributed by atoms with van der Waals surface area (Å²) in [5, 5.41) is 18.2. The quantitative estimate of drug-likeness (QED) is 0.516. The van der Waals surface area contributed by atoms with Gasteiger partial charge in [-0.15, -0.1) is 5.10 Å². The topological polar surface area (TPSA) is 95.6 Å². The number of hydrogen-bond acceptors (Lipinski definition) is 5. The number of carbonyl (C=O) groups is 1. The predicted molar refractivity (Wildman–Crippen MR) is 62.7 cm³/mol. The lowest BCUT2D eigenvalue weighted by Gasteiger charge is -2.05. The Kier molecular flexibility index (Phi) is 5.34. The van der Waals surface area contributed by atoms with Gasteiger partial charge in [0.05, 0.1) is 0 Å². The van der Waals surface area contributed by atoms with Gasteiger partial charge in [-0.3, -0.25) is 10.1 Å². The maximum absolute atomic E-state index is 11.4. The van der Waals surface area contributed by atoms with Gasteiger partial charge in [0.25, 0.3) is 5.95 Å². The SMILES string of the molecule is CCCCCC(=O)NC(=S)Nc1nn[nH]n1. The van der Waals surface area contributed by atoms with E-state index < -0.39 is 0 Å². The van der Waals surface area contributed by atoms with Crippen molar-refractivity contribution < 1.29 is 4.79 Å². The highest BCUT2D eigenvalue weighted by Crippen LogP contribution is 1.98. The van der Waals surface area contributed by atoms with E-state index in [-0.39, 0.29) is 17.0 Å². The molecule has 0 aromatic carbocycles. The molecule has 0 spiro atoms. The zero-order valence-corrected chi connectivity index (χ0v) is 9.80. The van der Waals surface area contributed by atoms with Crippen molar-refractivity contribution in [1.82, 2.24) is 25.9 Å². The van der Waals surface area contributed by atoms with Gasteiger partial charge in [-0.05, 0) is 23.9 Å². The maximum atomic E-state index is 11.4. The first-order valence-corrected chi connectivity index (χ1v) is 5.47. The highest BCUT2D eigenvalue weighted by Gasteiger charge is 2.05. The lowest BCUT2D eigenvalue weighted by Crippen LogP contribution is -2.34. The number of rotatable bonds is 5. The van der Waals surface area contributed by atoms with E-state index in [0.717, 1.165) is 19.3 Å². The number of anilines is 1. The molecule has 1 amide bonds. The Morgan fingerprint density at radius 1 is 1.50 bits per heavy atom. The van der Waals surface area contributed by atoms with Crippen molar-refractivity contribution in [2.45, 2.75) is 32.6 Å². The van der Waals surface area contributed by atoms with Crippen LogP contribution in [0, 0.1) is 0 Å². The fourth-order valence-electron chi connectivity index (χ4n) is 1.07. The van der Waals surface area contributed by atoms with Crippen LogP contribution in [-0.4, -0.2) is 31.6 Å². The standard InChI is InChI=1S/C8H14N6OS/c1-2-3-4-5-6(15)9-8(16)10-7-11-13-14-12-7/h2-5H2,1H3,(H3,9,10,11,12,13,14,15,16).